The van der Waals surface area contributed by atoms with Crippen molar-refractivity contribution >= 4 is 29.0 Å². The van der Waals surface area contributed by atoms with Gasteiger partial charge in [-0.25, -0.2) is 0 Å². The minimum atomic E-state index is -0.220. The molecule has 2 aliphatic heterocycles. The van der Waals surface area contributed by atoms with Gasteiger partial charge in [0.1, 0.15) is 5.70 Å². The van der Waals surface area contributed by atoms with Gasteiger partial charge in [-0.05, 0) is 48.9 Å². The van der Waals surface area contributed by atoms with Crippen LogP contribution in [0.3, 0.4) is 0 Å². The van der Waals surface area contributed by atoms with Crippen molar-refractivity contribution in [2.45, 2.75) is 33.2 Å². The fraction of sp³-hybridized carbons (Fsp3) is 0.333. The monoisotopic (exact) mass is 408 g/mol. The van der Waals surface area contributed by atoms with Gasteiger partial charge < -0.3 is 4.90 Å². The van der Waals surface area contributed by atoms with Gasteiger partial charge in [0.15, 0.2) is 0 Å². The summed E-state index contributed by atoms with van der Waals surface area (Å²) in [6.07, 6.45) is 2.06. The minimum absolute atomic E-state index is 0.199. The first-order valence-corrected chi connectivity index (χ1v) is 10.5. The summed E-state index contributed by atoms with van der Waals surface area (Å²) in [6, 6.07) is 15.1. The lowest BCUT2D eigenvalue weighted by Gasteiger charge is -2.32. The van der Waals surface area contributed by atoms with Gasteiger partial charge in [-0.3, -0.25) is 14.5 Å². The zero-order chi connectivity index (χ0) is 20.5. The lowest BCUT2D eigenvalue weighted by Crippen LogP contribution is -2.38. The fourth-order valence-electron chi connectivity index (χ4n) is 3.99. The third-order valence-electron chi connectivity index (χ3n) is 5.84. The van der Waals surface area contributed by atoms with Crippen molar-refractivity contribution in [3.63, 3.8) is 0 Å². The Hall–Kier alpha value is -2.59. The molecule has 0 unspecified atom stereocenters. The normalized spacial score (nSPS) is 18.2. The molecule has 0 saturated carbocycles. The van der Waals surface area contributed by atoms with Crippen molar-refractivity contribution in [1.29, 1.82) is 0 Å². The van der Waals surface area contributed by atoms with Crippen molar-refractivity contribution in [3.05, 3.63) is 75.9 Å². The summed E-state index contributed by atoms with van der Waals surface area (Å²) in [5, 5.41) is 0.634. The number of rotatable bonds is 4. The highest BCUT2D eigenvalue weighted by Gasteiger charge is 2.42. The van der Waals surface area contributed by atoms with Crippen molar-refractivity contribution in [2.75, 3.05) is 13.1 Å². The van der Waals surface area contributed by atoms with Gasteiger partial charge in [0.05, 0.1) is 12.1 Å². The van der Waals surface area contributed by atoms with Crippen molar-refractivity contribution in [1.82, 2.24) is 9.80 Å². The average Bonchev–Trinajstić information content (AvgIpc) is 2.96. The third-order valence-corrected chi connectivity index (χ3v) is 6.09. The van der Waals surface area contributed by atoms with Crippen LogP contribution in [0.5, 0.6) is 0 Å². The number of likely N-dealkylation sites (tertiary alicyclic amines) is 1. The summed E-state index contributed by atoms with van der Waals surface area (Å²) in [4.78, 5) is 30.3. The number of benzene rings is 2. The molecule has 4 nitrogen and oxygen atoms in total. The highest BCUT2D eigenvalue weighted by atomic mass is 35.5. The SMILES string of the molecule is Cc1ccc(C2=C(N3CCC(C)CC3)C(=O)N(Cc3ccc(Cl)cc3)C2=O)cc1. The van der Waals surface area contributed by atoms with Crippen LogP contribution in [0.15, 0.2) is 54.2 Å². The molecule has 2 aromatic rings. The molecule has 5 heteroatoms. The summed E-state index contributed by atoms with van der Waals surface area (Å²) in [5.41, 5.74) is 3.89. The lowest BCUT2D eigenvalue weighted by atomic mass is 9.97. The number of carbonyl (C=O) groups is 2. The second-order valence-corrected chi connectivity index (χ2v) is 8.52. The van der Waals surface area contributed by atoms with Gasteiger partial charge in [0, 0.05) is 18.1 Å². The Labute approximate surface area is 176 Å². The quantitative estimate of drug-likeness (QED) is 0.691. The Morgan fingerprint density at radius 2 is 1.55 bits per heavy atom. The van der Waals surface area contributed by atoms with Crippen LogP contribution in [0.25, 0.3) is 5.57 Å². The maximum atomic E-state index is 13.4. The Morgan fingerprint density at radius 1 is 0.931 bits per heavy atom. The predicted octanol–water partition coefficient (Wildman–Crippen LogP) is 4.66. The zero-order valence-corrected chi connectivity index (χ0v) is 17.6. The number of halogens is 1. The van der Waals surface area contributed by atoms with Gasteiger partial charge in [-0.2, -0.15) is 0 Å². The van der Waals surface area contributed by atoms with Crippen LogP contribution in [0.4, 0.5) is 0 Å². The van der Waals surface area contributed by atoms with Crippen LogP contribution in [0, 0.1) is 12.8 Å². The Kier molecular flexibility index (Phi) is 5.46. The van der Waals surface area contributed by atoms with Gasteiger partial charge in [0.2, 0.25) is 0 Å². The molecule has 2 aliphatic rings. The number of hydrogen-bond acceptors (Lipinski definition) is 3. The molecular weight excluding hydrogens is 384 g/mol. The minimum Gasteiger partial charge on any atom is -0.366 e. The summed E-state index contributed by atoms with van der Waals surface area (Å²) in [7, 11) is 0. The number of hydrogen-bond donors (Lipinski definition) is 0. The molecule has 29 heavy (non-hydrogen) atoms. The second kappa shape index (κ2) is 8.03. The maximum absolute atomic E-state index is 13.4. The highest BCUT2D eigenvalue weighted by molar-refractivity contribution is 6.35. The van der Waals surface area contributed by atoms with E-state index in [1.54, 1.807) is 12.1 Å². The Morgan fingerprint density at radius 3 is 2.17 bits per heavy atom. The summed E-state index contributed by atoms with van der Waals surface area (Å²) in [6.45, 7) is 6.11. The van der Waals surface area contributed by atoms with E-state index < -0.39 is 0 Å². The lowest BCUT2D eigenvalue weighted by molar-refractivity contribution is -0.138. The van der Waals surface area contributed by atoms with E-state index in [-0.39, 0.29) is 18.4 Å². The molecule has 150 valence electrons. The molecule has 0 N–H and O–H groups in total. The van der Waals surface area contributed by atoms with Crippen LogP contribution in [0.1, 0.15) is 36.5 Å². The molecule has 2 heterocycles. The predicted molar refractivity (Wildman–Crippen MR) is 115 cm³/mol. The molecular formula is C24H25ClN2O2. The molecule has 0 aromatic heterocycles. The molecule has 0 aliphatic carbocycles. The fourth-order valence-corrected chi connectivity index (χ4v) is 4.11. The van der Waals surface area contributed by atoms with E-state index in [0.29, 0.717) is 22.2 Å². The molecule has 0 atom stereocenters. The van der Waals surface area contributed by atoms with E-state index in [1.165, 1.54) is 4.90 Å². The zero-order valence-electron chi connectivity index (χ0n) is 16.8. The topological polar surface area (TPSA) is 40.6 Å². The van der Waals surface area contributed by atoms with Crippen molar-refractivity contribution in [2.24, 2.45) is 5.92 Å². The summed E-state index contributed by atoms with van der Waals surface area (Å²) < 4.78 is 0. The molecule has 0 spiro atoms. The number of aryl methyl sites for hydroxylation is 1. The van der Waals surface area contributed by atoms with Crippen LogP contribution in [-0.2, 0) is 16.1 Å². The largest absolute Gasteiger partial charge is 0.366 e. The first-order chi connectivity index (χ1) is 13.9. The van der Waals surface area contributed by atoms with E-state index >= 15 is 0 Å². The highest BCUT2D eigenvalue weighted by Crippen LogP contribution is 2.34. The van der Waals surface area contributed by atoms with Gasteiger partial charge >= 0.3 is 0 Å². The molecule has 0 bridgehead atoms. The Balaban J connectivity index is 1.71. The molecule has 2 aromatic carbocycles. The van der Waals surface area contributed by atoms with E-state index in [9.17, 15) is 9.59 Å². The van der Waals surface area contributed by atoms with Crippen molar-refractivity contribution < 1.29 is 9.59 Å². The van der Waals surface area contributed by atoms with Gasteiger partial charge in [-0.1, -0.05) is 60.5 Å². The smallest absolute Gasteiger partial charge is 0.278 e. The van der Waals surface area contributed by atoms with E-state index in [4.69, 9.17) is 11.6 Å². The number of carbonyl (C=O) groups excluding carboxylic acids is 2. The third kappa shape index (κ3) is 3.95. The molecule has 1 fully saturated rings. The van der Waals surface area contributed by atoms with Crippen LogP contribution in [-0.4, -0.2) is 34.7 Å². The first-order valence-electron chi connectivity index (χ1n) is 10.1. The van der Waals surface area contributed by atoms with Crippen molar-refractivity contribution in [3.8, 4) is 0 Å². The average molecular weight is 409 g/mol. The van der Waals surface area contributed by atoms with Gasteiger partial charge in [0.25, 0.3) is 11.8 Å². The number of imide groups is 1. The molecule has 1 saturated heterocycles. The summed E-state index contributed by atoms with van der Waals surface area (Å²) >= 11 is 5.98. The number of nitrogens with zero attached hydrogens (tertiary/aromatic N) is 2. The van der Waals surface area contributed by atoms with Gasteiger partial charge in [-0.15, -0.1) is 0 Å². The molecule has 0 radical (unpaired) electrons. The van der Waals surface area contributed by atoms with E-state index in [2.05, 4.69) is 11.8 Å². The maximum Gasteiger partial charge on any atom is 0.278 e. The molecule has 4 rings (SSSR count). The van der Waals surface area contributed by atoms with Crippen LogP contribution < -0.4 is 0 Å². The summed E-state index contributed by atoms with van der Waals surface area (Å²) in [5.74, 6) is 0.226. The molecule has 2 amide bonds. The number of amides is 2. The van der Waals surface area contributed by atoms with Crippen LogP contribution in [0.2, 0.25) is 5.02 Å². The first kappa shape index (κ1) is 19.7. The number of piperidine rings is 1. The Bertz CT molecular complexity index is 955. The van der Waals surface area contributed by atoms with E-state index in [1.807, 2.05) is 43.3 Å². The standard InChI is InChI=1S/C24H25ClN2O2/c1-16-3-7-19(8-4-16)21-22(26-13-11-17(2)12-14-26)24(29)27(23(21)28)15-18-5-9-20(25)10-6-18/h3-10,17H,11-15H2,1-2H3. The van der Waals surface area contributed by atoms with Crippen LogP contribution >= 0.6 is 11.6 Å². The second-order valence-electron chi connectivity index (χ2n) is 8.08. The van der Waals surface area contributed by atoms with E-state index in [0.717, 1.165) is 42.6 Å².